The smallest absolute Gasteiger partial charge is 0.310 e. The largest absolute Gasteiger partial charge is 0.469 e. The molecule has 1 heterocycles. The monoisotopic (exact) mass is 242 g/mol. The normalized spacial score (nSPS) is 10.1. The van der Waals surface area contributed by atoms with Crippen molar-refractivity contribution in [3.63, 3.8) is 0 Å². The minimum absolute atomic E-state index is 0.215. The van der Waals surface area contributed by atoms with Crippen molar-refractivity contribution in [1.82, 2.24) is 0 Å². The molecule has 0 spiro atoms. The lowest BCUT2D eigenvalue weighted by Gasteiger charge is -2.01. The van der Waals surface area contributed by atoms with Crippen molar-refractivity contribution < 1.29 is 14.1 Å². The maximum Gasteiger partial charge on any atom is 0.310 e. The van der Waals surface area contributed by atoms with Crippen LogP contribution in [0, 0.1) is 0 Å². The Bertz CT molecular complexity index is 523. The van der Waals surface area contributed by atoms with Crippen LogP contribution < -0.4 is 4.57 Å². The zero-order valence-electron chi connectivity index (χ0n) is 10.4. The Kier molecular flexibility index (Phi) is 4.07. The standard InChI is InChI=1S/C15H16NO2/c1-18-15(17)10-14-8-5-9-16(12-14)11-13-6-3-2-4-7-13/h2-9,12H,10-11H2,1H3/q+1. The Morgan fingerprint density at radius 3 is 2.56 bits per heavy atom. The molecule has 18 heavy (non-hydrogen) atoms. The predicted molar refractivity (Wildman–Crippen MR) is 67.9 cm³/mol. The number of rotatable bonds is 4. The van der Waals surface area contributed by atoms with Crippen LogP contribution in [-0.4, -0.2) is 13.1 Å². The first-order valence-corrected chi connectivity index (χ1v) is 5.86. The molecule has 92 valence electrons. The molecule has 0 bridgehead atoms. The van der Waals surface area contributed by atoms with Crippen LogP contribution >= 0.6 is 0 Å². The Morgan fingerprint density at radius 2 is 1.83 bits per heavy atom. The van der Waals surface area contributed by atoms with E-state index in [0.717, 1.165) is 12.1 Å². The fourth-order valence-electron chi connectivity index (χ4n) is 1.81. The number of hydrogen-bond acceptors (Lipinski definition) is 2. The molecule has 0 radical (unpaired) electrons. The van der Waals surface area contributed by atoms with Gasteiger partial charge in [0.2, 0.25) is 0 Å². The molecular weight excluding hydrogens is 226 g/mol. The van der Waals surface area contributed by atoms with Crippen LogP contribution in [0.15, 0.2) is 54.9 Å². The molecule has 0 unspecified atom stereocenters. The number of aromatic nitrogens is 1. The number of nitrogens with zero attached hydrogens (tertiary/aromatic N) is 1. The van der Waals surface area contributed by atoms with Gasteiger partial charge in [-0.2, -0.15) is 0 Å². The van der Waals surface area contributed by atoms with Gasteiger partial charge < -0.3 is 4.74 Å². The molecule has 0 atom stereocenters. The third-order valence-electron chi connectivity index (χ3n) is 2.70. The highest BCUT2D eigenvalue weighted by molar-refractivity contribution is 5.72. The van der Waals surface area contributed by atoms with E-state index in [2.05, 4.69) is 21.4 Å². The summed E-state index contributed by atoms with van der Waals surface area (Å²) in [5.41, 5.74) is 2.19. The Labute approximate surface area is 107 Å². The van der Waals surface area contributed by atoms with Gasteiger partial charge in [0.05, 0.1) is 13.5 Å². The molecule has 0 aliphatic rings. The second-order valence-electron chi connectivity index (χ2n) is 4.12. The van der Waals surface area contributed by atoms with Gasteiger partial charge in [-0.25, -0.2) is 4.57 Å². The predicted octanol–water partition coefficient (Wildman–Crippen LogP) is 1.74. The van der Waals surface area contributed by atoms with Gasteiger partial charge in [-0.05, 0) is 6.07 Å². The lowest BCUT2D eigenvalue weighted by Crippen LogP contribution is -2.34. The first-order valence-electron chi connectivity index (χ1n) is 5.86. The van der Waals surface area contributed by atoms with E-state index in [1.807, 2.05) is 42.7 Å². The molecule has 0 saturated carbocycles. The molecule has 0 aliphatic heterocycles. The van der Waals surface area contributed by atoms with Gasteiger partial charge >= 0.3 is 5.97 Å². The summed E-state index contributed by atoms with van der Waals surface area (Å²) in [4.78, 5) is 11.2. The number of carbonyl (C=O) groups excluding carboxylic acids is 1. The average Bonchev–Trinajstić information content (AvgIpc) is 2.40. The number of methoxy groups -OCH3 is 1. The van der Waals surface area contributed by atoms with Gasteiger partial charge in [-0.3, -0.25) is 4.79 Å². The van der Waals surface area contributed by atoms with Crippen LogP contribution in [0.1, 0.15) is 11.1 Å². The highest BCUT2D eigenvalue weighted by Gasteiger charge is 2.08. The third-order valence-corrected chi connectivity index (χ3v) is 2.70. The van der Waals surface area contributed by atoms with Crippen molar-refractivity contribution in [2.75, 3.05) is 7.11 Å². The summed E-state index contributed by atoms with van der Waals surface area (Å²) in [7, 11) is 1.41. The summed E-state index contributed by atoms with van der Waals surface area (Å²) in [6.07, 6.45) is 4.28. The fourth-order valence-corrected chi connectivity index (χ4v) is 1.81. The SMILES string of the molecule is COC(=O)Cc1ccc[n+](Cc2ccccc2)c1. The molecule has 0 N–H and O–H groups in total. The molecule has 0 amide bonds. The lowest BCUT2D eigenvalue weighted by molar-refractivity contribution is -0.688. The van der Waals surface area contributed by atoms with E-state index in [-0.39, 0.29) is 5.97 Å². The molecule has 3 heteroatoms. The zero-order chi connectivity index (χ0) is 12.8. The molecule has 0 saturated heterocycles. The van der Waals surface area contributed by atoms with Gasteiger partial charge in [0, 0.05) is 17.2 Å². The lowest BCUT2D eigenvalue weighted by atomic mass is 10.2. The van der Waals surface area contributed by atoms with Gasteiger partial charge in [-0.1, -0.05) is 30.3 Å². The molecule has 3 nitrogen and oxygen atoms in total. The number of hydrogen-bond donors (Lipinski definition) is 0. The van der Waals surface area contributed by atoms with E-state index in [1.54, 1.807) is 0 Å². The zero-order valence-corrected chi connectivity index (χ0v) is 10.4. The molecule has 1 aromatic carbocycles. The van der Waals surface area contributed by atoms with Crippen molar-refractivity contribution in [1.29, 1.82) is 0 Å². The van der Waals surface area contributed by atoms with E-state index in [4.69, 9.17) is 0 Å². The first-order chi connectivity index (χ1) is 8.78. The van der Waals surface area contributed by atoms with Crippen LogP contribution in [0.4, 0.5) is 0 Å². The molecule has 2 rings (SSSR count). The maximum absolute atomic E-state index is 11.2. The van der Waals surface area contributed by atoms with E-state index in [9.17, 15) is 4.79 Å². The van der Waals surface area contributed by atoms with E-state index in [0.29, 0.717) is 6.42 Å². The van der Waals surface area contributed by atoms with Gasteiger partial charge in [0.1, 0.15) is 0 Å². The molecular formula is C15H16NO2+. The summed E-state index contributed by atoms with van der Waals surface area (Å²) in [6.45, 7) is 0.801. The minimum Gasteiger partial charge on any atom is -0.469 e. The van der Waals surface area contributed by atoms with Crippen molar-refractivity contribution >= 4 is 5.97 Å². The molecule has 1 aromatic heterocycles. The third kappa shape index (κ3) is 3.42. The summed E-state index contributed by atoms with van der Waals surface area (Å²) in [5, 5.41) is 0. The Hall–Kier alpha value is -2.16. The molecule has 0 fully saturated rings. The van der Waals surface area contributed by atoms with Crippen LogP contribution in [0.5, 0.6) is 0 Å². The van der Waals surface area contributed by atoms with Crippen molar-refractivity contribution in [2.24, 2.45) is 0 Å². The van der Waals surface area contributed by atoms with E-state index < -0.39 is 0 Å². The fraction of sp³-hybridized carbons (Fsp3) is 0.200. The average molecular weight is 242 g/mol. The van der Waals surface area contributed by atoms with Crippen LogP contribution in [-0.2, 0) is 22.5 Å². The van der Waals surface area contributed by atoms with Crippen LogP contribution in [0.3, 0.4) is 0 Å². The number of benzene rings is 1. The van der Waals surface area contributed by atoms with Gasteiger partial charge in [0.25, 0.3) is 0 Å². The van der Waals surface area contributed by atoms with Crippen LogP contribution in [0.25, 0.3) is 0 Å². The second kappa shape index (κ2) is 5.96. The van der Waals surface area contributed by atoms with Crippen molar-refractivity contribution in [2.45, 2.75) is 13.0 Å². The Balaban J connectivity index is 2.10. The number of carbonyl (C=O) groups is 1. The maximum atomic E-state index is 11.2. The van der Waals surface area contributed by atoms with Gasteiger partial charge in [-0.15, -0.1) is 0 Å². The number of ether oxygens (including phenoxy) is 1. The second-order valence-corrected chi connectivity index (χ2v) is 4.12. The van der Waals surface area contributed by atoms with Crippen LogP contribution in [0.2, 0.25) is 0 Å². The van der Waals surface area contributed by atoms with E-state index in [1.165, 1.54) is 12.7 Å². The molecule has 0 aliphatic carbocycles. The summed E-state index contributed by atoms with van der Waals surface area (Å²) < 4.78 is 6.73. The number of pyridine rings is 1. The minimum atomic E-state index is -0.215. The highest BCUT2D eigenvalue weighted by Crippen LogP contribution is 2.00. The number of esters is 1. The summed E-state index contributed by atoms with van der Waals surface area (Å²) in [5.74, 6) is -0.215. The summed E-state index contributed by atoms with van der Waals surface area (Å²) >= 11 is 0. The van der Waals surface area contributed by atoms with Gasteiger partial charge in [0.15, 0.2) is 18.9 Å². The van der Waals surface area contributed by atoms with E-state index >= 15 is 0 Å². The molecule has 2 aromatic rings. The van der Waals surface area contributed by atoms with Crippen molar-refractivity contribution in [3.05, 3.63) is 66.0 Å². The Morgan fingerprint density at radius 1 is 1.11 bits per heavy atom. The highest BCUT2D eigenvalue weighted by atomic mass is 16.5. The first kappa shape index (κ1) is 12.3. The topological polar surface area (TPSA) is 30.2 Å². The summed E-state index contributed by atoms with van der Waals surface area (Å²) in [6, 6.07) is 14.1. The quantitative estimate of drug-likeness (QED) is 0.604. The van der Waals surface area contributed by atoms with Crippen molar-refractivity contribution in [3.8, 4) is 0 Å².